The predicted molar refractivity (Wildman–Crippen MR) is 116 cm³/mol. The van der Waals surface area contributed by atoms with Crippen LogP contribution in [0.4, 0.5) is 13.6 Å². The Morgan fingerprint density at radius 2 is 1.69 bits per heavy atom. The fraction of sp³-hybridized carbons (Fsp3) is 0.680. The van der Waals surface area contributed by atoms with Gasteiger partial charge in [0.15, 0.2) is 5.78 Å². The summed E-state index contributed by atoms with van der Waals surface area (Å²) in [7, 11) is 0. The van der Waals surface area contributed by atoms with Gasteiger partial charge in [-0.3, -0.25) is 4.79 Å². The lowest BCUT2D eigenvalue weighted by Gasteiger charge is -2.33. The molecule has 0 radical (unpaired) electrons. The monoisotopic (exact) mass is 449 g/mol. The minimum Gasteiger partial charge on any atom is -0.493 e. The van der Waals surface area contributed by atoms with E-state index in [1.165, 1.54) is 0 Å². The number of ether oxygens (including phenoxy) is 2. The quantitative estimate of drug-likeness (QED) is 0.508. The Labute approximate surface area is 188 Å². The van der Waals surface area contributed by atoms with Gasteiger partial charge in [0.1, 0.15) is 23.0 Å². The summed E-state index contributed by atoms with van der Waals surface area (Å²) in [4.78, 5) is 26.0. The van der Waals surface area contributed by atoms with Crippen molar-refractivity contribution in [3.05, 3.63) is 29.3 Å². The van der Waals surface area contributed by atoms with Gasteiger partial charge >= 0.3 is 6.09 Å². The lowest BCUT2D eigenvalue weighted by molar-refractivity contribution is 0.0173. The van der Waals surface area contributed by atoms with Crippen molar-refractivity contribution in [1.29, 1.82) is 0 Å². The minimum absolute atomic E-state index is 0.134. The van der Waals surface area contributed by atoms with Crippen LogP contribution in [0.25, 0.3) is 0 Å². The van der Waals surface area contributed by atoms with Crippen molar-refractivity contribution in [2.75, 3.05) is 19.7 Å². The summed E-state index contributed by atoms with van der Waals surface area (Å²) in [6.45, 7) is 7.47. The van der Waals surface area contributed by atoms with Gasteiger partial charge in [-0.2, -0.15) is 0 Å². The summed E-state index contributed by atoms with van der Waals surface area (Å²) in [6.07, 6.45) is 5.11. The Kier molecular flexibility index (Phi) is 6.46. The second-order valence-electron chi connectivity index (χ2n) is 10.5. The van der Waals surface area contributed by atoms with E-state index in [-0.39, 0.29) is 17.8 Å². The summed E-state index contributed by atoms with van der Waals surface area (Å²) < 4.78 is 39.6. The summed E-state index contributed by atoms with van der Waals surface area (Å²) in [5.74, 6) is -0.420. The molecule has 1 heterocycles. The molecule has 3 aliphatic rings. The molecule has 0 N–H and O–H groups in total. The van der Waals surface area contributed by atoms with Gasteiger partial charge in [-0.15, -0.1) is 0 Å². The molecule has 2 aliphatic carbocycles. The lowest BCUT2D eigenvalue weighted by Crippen LogP contribution is -2.42. The number of carbonyl (C=O) groups is 2. The highest BCUT2D eigenvalue weighted by Gasteiger charge is 2.43. The Balaban J connectivity index is 1.19. The molecule has 1 aromatic rings. The SMILES string of the molecule is CC(C)(C)OC(=O)N1CCC(C2CC2CCOc2cc(F)c(C(=O)C3CC3)c(F)c2)CC1. The molecule has 0 spiro atoms. The highest BCUT2D eigenvalue weighted by molar-refractivity contribution is 5.99. The number of amides is 1. The highest BCUT2D eigenvalue weighted by atomic mass is 19.1. The van der Waals surface area contributed by atoms with E-state index in [4.69, 9.17) is 9.47 Å². The number of halogens is 2. The number of hydrogen-bond acceptors (Lipinski definition) is 4. The summed E-state index contributed by atoms with van der Waals surface area (Å²) >= 11 is 0. The first kappa shape index (κ1) is 23.0. The molecule has 1 aromatic carbocycles. The molecule has 7 heteroatoms. The first-order chi connectivity index (χ1) is 15.1. The van der Waals surface area contributed by atoms with Crippen LogP contribution in [-0.2, 0) is 4.74 Å². The van der Waals surface area contributed by atoms with Crippen LogP contribution < -0.4 is 4.74 Å². The summed E-state index contributed by atoms with van der Waals surface area (Å²) in [5.41, 5.74) is -0.908. The standard InChI is InChI=1S/C25H33F2NO4/c1-25(2,3)32-24(30)28-9-6-15(7-10-28)19-12-17(19)8-11-31-18-13-20(26)22(21(27)14-18)23(29)16-4-5-16/h13-17,19H,4-12H2,1-3H3. The van der Waals surface area contributed by atoms with Gasteiger partial charge in [0.05, 0.1) is 12.2 Å². The Hall–Kier alpha value is -2.18. The summed E-state index contributed by atoms with van der Waals surface area (Å²) in [6, 6.07) is 2.24. The first-order valence-corrected chi connectivity index (χ1v) is 11.8. The van der Waals surface area contributed by atoms with Crippen molar-refractivity contribution in [2.45, 2.75) is 64.9 Å². The Morgan fingerprint density at radius 1 is 1.06 bits per heavy atom. The zero-order chi connectivity index (χ0) is 23.0. The molecule has 176 valence electrons. The number of hydrogen-bond donors (Lipinski definition) is 0. The molecule has 1 saturated heterocycles. The molecule has 5 nitrogen and oxygen atoms in total. The van der Waals surface area contributed by atoms with Gasteiger partial charge in [-0.1, -0.05) is 0 Å². The molecular weight excluding hydrogens is 416 g/mol. The number of benzene rings is 1. The van der Waals surface area contributed by atoms with E-state index < -0.39 is 28.6 Å². The van der Waals surface area contributed by atoms with Crippen LogP contribution in [0.5, 0.6) is 5.75 Å². The number of nitrogens with zero attached hydrogens (tertiary/aromatic N) is 1. The zero-order valence-electron chi connectivity index (χ0n) is 19.2. The molecule has 2 saturated carbocycles. The maximum Gasteiger partial charge on any atom is 0.410 e. The van der Waals surface area contributed by atoms with E-state index in [9.17, 15) is 18.4 Å². The third-order valence-corrected chi connectivity index (χ3v) is 6.74. The third-order valence-electron chi connectivity index (χ3n) is 6.74. The maximum atomic E-state index is 14.3. The molecular formula is C25H33F2NO4. The number of carbonyl (C=O) groups excluding carboxylic acids is 2. The van der Waals surface area contributed by atoms with Crippen molar-refractivity contribution in [3.63, 3.8) is 0 Å². The van der Waals surface area contributed by atoms with E-state index >= 15 is 0 Å². The molecule has 2 atom stereocenters. The van der Waals surface area contributed by atoms with Gasteiger partial charge in [-0.05, 0) is 77.0 Å². The minimum atomic E-state index is -0.835. The van der Waals surface area contributed by atoms with Crippen LogP contribution in [0.1, 0.15) is 69.7 Å². The maximum absolute atomic E-state index is 14.3. The van der Waals surface area contributed by atoms with Crippen molar-refractivity contribution >= 4 is 11.9 Å². The van der Waals surface area contributed by atoms with E-state index in [1.807, 2.05) is 20.8 Å². The molecule has 1 amide bonds. The normalized spacial score (nSPS) is 23.7. The highest BCUT2D eigenvalue weighted by Crippen LogP contribution is 2.49. The topological polar surface area (TPSA) is 55.8 Å². The number of rotatable bonds is 7. The van der Waals surface area contributed by atoms with E-state index in [1.54, 1.807) is 4.90 Å². The smallest absolute Gasteiger partial charge is 0.410 e. The van der Waals surface area contributed by atoms with E-state index in [2.05, 4.69) is 0 Å². The Bertz CT molecular complexity index is 846. The molecule has 0 bridgehead atoms. The molecule has 4 rings (SSSR count). The number of piperidine rings is 1. The van der Waals surface area contributed by atoms with Crippen LogP contribution in [0.3, 0.4) is 0 Å². The zero-order valence-corrected chi connectivity index (χ0v) is 19.2. The van der Waals surface area contributed by atoms with Crippen molar-refractivity contribution in [3.8, 4) is 5.75 Å². The van der Waals surface area contributed by atoms with Gasteiger partial charge in [0.25, 0.3) is 0 Å². The lowest BCUT2D eigenvalue weighted by atomic mass is 9.90. The van der Waals surface area contributed by atoms with E-state index in [0.717, 1.165) is 50.9 Å². The van der Waals surface area contributed by atoms with Crippen LogP contribution in [-0.4, -0.2) is 42.1 Å². The van der Waals surface area contributed by atoms with Crippen molar-refractivity contribution in [2.24, 2.45) is 23.7 Å². The van der Waals surface area contributed by atoms with Crippen molar-refractivity contribution < 1.29 is 27.8 Å². The van der Waals surface area contributed by atoms with Crippen LogP contribution in [0, 0.1) is 35.3 Å². The molecule has 1 aliphatic heterocycles. The second-order valence-corrected chi connectivity index (χ2v) is 10.5. The number of likely N-dealkylation sites (tertiary alicyclic amines) is 1. The third kappa shape index (κ3) is 5.59. The Morgan fingerprint density at radius 3 is 2.25 bits per heavy atom. The molecule has 32 heavy (non-hydrogen) atoms. The largest absolute Gasteiger partial charge is 0.493 e. The number of ketones is 1. The van der Waals surface area contributed by atoms with Gasteiger partial charge < -0.3 is 14.4 Å². The van der Waals surface area contributed by atoms with Gasteiger partial charge in [-0.25, -0.2) is 13.6 Å². The van der Waals surface area contributed by atoms with Crippen molar-refractivity contribution in [1.82, 2.24) is 4.90 Å². The van der Waals surface area contributed by atoms with Gasteiger partial charge in [0, 0.05) is 31.1 Å². The molecule has 0 aromatic heterocycles. The fourth-order valence-corrected chi connectivity index (χ4v) is 4.76. The fourth-order valence-electron chi connectivity index (χ4n) is 4.76. The molecule has 3 fully saturated rings. The number of Topliss-reactive ketones (excluding diaryl/α,β-unsaturated/α-hetero) is 1. The average molecular weight is 450 g/mol. The first-order valence-electron chi connectivity index (χ1n) is 11.8. The average Bonchev–Trinajstić information content (AvgIpc) is 3.60. The molecule has 2 unspecified atom stereocenters. The van der Waals surface area contributed by atoms with Gasteiger partial charge in [0.2, 0.25) is 0 Å². The van der Waals surface area contributed by atoms with E-state index in [0.29, 0.717) is 37.2 Å². The van der Waals surface area contributed by atoms with Crippen LogP contribution in [0.2, 0.25) is 0 Å². The predicted octanol–water partition coefficient (Wildman–Crippen LogP) is 5.61. The summed E-state index contributed by atoms with van der Waals surface area (Å²) in [5, 5.41) is 0. The van der Waals surface area contributed by atoms with Crippen LogP contribution >= 0.6 is 0 Å². The van der Waals surface area contributed by atoms with Crippen LogP contribution in [0.15, 0.2) is 12.1 Å². The second kappa shape index (κ2) is 8.99.